The van der Waals surface area contributed by atoms with E-state index in [1.807, 2.05) is 11.8 Å². The summed E-state index contributed by atoms with van der Waals surface area (Å²) in [5, 5.41) is 9.79. The van der Waals surface area contributed by atoms with Crippen LogP contribution in [0.25, 0.3) is 0 Å². The molecule has 0 bridgehead atoms. The van der Waals surface area contributed by atoms with Crippen molar-refractivity contribution < 1.29 is 5.11 Å². The van der Waals surface area contributed by atoms with Crippen LogP contribution in [0.1, 0.15) is 32.6 Å². The van der Waals surface area contributed by atoms with E-state index in [0.717, 1.165) is 6.42 Å². The molecule has 14 heavy (non-hydrogen) atoms. The fourth-order valence-corrected chi connectivity index (χ4v) is 2.79. The second-order valence-corrected chi connectivity index (χ2v) is 5.35. The maximum Gasteiger partial charge on any atom is 0.0695 e. The molecule has 0 heterocycles. The zero-order chi connectivity index (χ0) is 10.6. The summed E-state index contributed by atoms with van der Waals surface area (Å²) < 4.78 is 0. The van der Waals surface area contributed by atoms with Gasteiger partial charge in [-0.1, -0.05) is 0 Å². The van der Waals surface area contributed by atoms with Gasteiger partial charge in [-0.25, -0.2) is 0 Å². The third-order valence-corrected chi connectivity index (χ3v) is 4.05. The summed E-state index contributed by atoms with van der Waals surface area (Å²) in [6.07, 6.45) is 6.63. The van der Waals surface area contributed by atoms with Gasteiger partial charge in [-0.2, -0.15) is 11.8 Å². The SMILES string of the molecule is CSCCC(C)N(C)C1CCCC1O. The first kappa shape index (κ1) is 12.3. The van der Waals surface area contributed by atoms with E-state index in [-0.39, 0.29) is 6.10 Å². The zero-order valence-corrected chi connectivity index (χ0v) is 10.4. The number of hydrogen-bond acceptors (Lipinski definition) is 3. The average Bonchev–Trinajstić information content (AvgIpc) is 2.59. The molecule has 0 aliphatic heterocycles. The summed E-state index contributed by atoms with van der Waals surface area (Å²) in [4.78, 5) is 2.37. The highest BCUT2D eigenvalue weighted by Crippen LogP contribution is 2.25. The first-order valence-corrected chi connectivity index (χ1v) is 6.95. The predicted molar refractivity (Wildman–Crippen MR) is 63.9 cm³/mol. The van der Waals surface area contributed by atoms with E-state index in [2.05, 4.69) is 25.1 Å². The van der Waals surface area contributed by atoms with Crippen LogP contribution in [0.4, 0.5) is 0 Å². The van der Waals surface area contributed by atoms with E-state index in [9.17, 15) is 5.11 Å². The van der Waals surface area contributed by atoms with E-state index < -0.39 is 0 Å². The van der Waals surface area contributed by atoms with Crippen LogP contribution >= 0.6 is 11.8 Å². The van der Waals surface area contributed by atoms with Crippen LogP contribution < -0.4 is 0 Å². The Bertz CT molecular complexity index is 165. The predicted octanol–water partition coefficient (Wildman–Crippen LogP) is 1.97. The molecular formula is C11H23NOS. The molecule has 0 aromatic carbocycles. The van der Waals surface area contributed by atoms with Gasteiger partial charge in [0.25, 0.3) is 0 Å². The van der Waals surface area contributed by atoms with Gasteiger partial charge in [-0.15, -0.1) is 0 Å². The van der Waals surface area contributed by atoms with Crippen molar-refractivity contribution in [2.45, 2.75) is 50.8 Å². The molecular weight excluding hydrogens is 194 g/mol. The maximum atomic E-state index is 9.79. The third kappa shape index (κ3) is 3.14. The Morgan fingerprint density at radius 2 is 2.21 bits per heavy atom. The molecule has 1 fully saturated rings. The summed E-state index contributed by atoms with van der Waals surface area (Å²) in [5.41, 5.74) is 0. The second kappa shape index (κ2) is 5.99. The molecule has 1 rings (SSSR count). The topological polar surface area (TPSA) is 23.5 Å². The summed E-state index contributed by atoms with van der Waals surface area (Å²) in [6.45, 7) is 2.27. The van der Waals surface area contributed by atoms with Gasteiger partial charge in [-0.3, -0.25) is 4.90 Å². The summed E-state index contributed by atoms with van der Waals surface area (Å²) >= 11 is 1.90. The molecule has 0 aromatic rings. The standard InChI is InChI=1S/C11H23NOS/c1-9(7-8-14-3)12(2)10-5-4-6-11(10)13/h9-11,13H,4-8H2,1-3H3. The lowest BCUT2D eigenvalue weighted by Crippen LogP contribution is -2.43. The van der Waals surface area contributed by atoms with Crippen LogP contribution in [0.5, 0.6) is 0 Å². The molecule has 0 saturated heterocycles. The fourth-order valence-electron chi connectivity index (χ4n) is 2.21. The van der Waals surface area contributed by atoms with Crippen LogP contribution in [0.2, 0.25) is 0 Å². The summed E-state index contributed by atoms with van der Waals surface area (Å²) in [5.74, 6) is 1.22. The van der Waals surface area contributed by atoms with E-state index >= 15 is 0 Å². The Morgan fingerprint density at radius 3 is 2.71 bits per heavy atom. The smallest absolute Gasteiger partial charge is 0.0695 e. The molecule has 0 aromatic heterocycles. The minimum Gasteiger partial charge on any atom is -0.391 e. The summed E-state index contributed by atoms with van der Waals surface area (Å²) in [7, 11) is 2.16. The lowest BCUT2D eigenvalue weighted by atomic mass is 10.1. The van der Waals surface area contributed by atoms with Crippen molar-refractivity contribution in [3.8, 4) is 0 Å². The van der Waals surface area contributed by atoms with Crippen molar-refractivity contribution in [3.05, 3.63) is 0 Å². The van der Waals surface area contributed by atoms with Gasteiger partial charge in [0.2, 0.25) is 0 Å². The number of thioether (sulfide) groups is 1. The molecule has 3 unspecified atom stereocenters. The van der Waals surface area contributed by atoms with Crippen molar-refractivity contribution in [2.75, 3.05) is 19.1 Å². The second-order valence-electron chi connectivity index (χ2n) is 4.36. The van der Waals surface area contributed by atoms with Crippen LogP contribution in [-0.4, -0.2) is 47.3 Å². The van der Waals surface area contributed by atoms with Crippen LogP contribution in [0, 0.1) is 0 Å². The normalized spacial score (nSPS) is 29.8. The third-order valence-electron chi connectivity index (χ3n) is 3.40. The molecule has 3 heteroatoms. The van der Waals surface area contributed by atoms with Crippen LogP contribution in [-0.2, 0) is 0 Å². The van der Waals surface area contributed by atoms with Crippen molar-refractivity contribution >= 4 is 11.8 Å². The van der Waals surface area contributed by atoms with E-state index in [1.165, 1.54) is 25.0 Å². The average molecular weight is 217 g/mol. The van der Waals surface area contributed by atoms with E-state index in [1.54, 1.807) is 0 Å². The molecule has 1 aliphatic rings. The van der Waals surface area contributed by atoms with Crippen molar-refractivity contribution in [1.82, 2.24) is 4.90 Å². The highest BCUT2D eigenvalue weighted by molar-refractivity contribution is 7.98. The number of aliphatic hydroxyl groups excluding tert-OH is 1. The highest BCUT2D eigenvalue weighted by atomic mass is 32.2. The van der Waals surface area contributed by atoms with Gasteiger partial charge >= 0.3 is 0 Å². The molecule has 1 saturated carbocycles. The first-order chi connectivity index (χ1) is 6.66. The van der Waals surface area contributed by atoms with Gasteiger partial charge in [0.05, 0.1) is 6.10 Å². The zero-order valence-electron chi connectivity index (χ0n) is 9.57. The number of aliphatic hydroxyl groups is 1. The maximum absolute atomic E-state index is 9.79. The number of likely N-dealkylation sites (N-methyl/N-ethyl adjacent to an activating group) is 1. The van der Waals surface area contributed by atoms with E-state index in [4.69, 9.17) is 0 Å². The largest absolute Gasteiger partial charge is 0.391 e. The van der Waals surface area contributed by atoms with Gasteiger partial charge in [0.15, 0.2) is 0 Å². The Kier molecular flexibility index (Phi) is 5.28. The monoisotopic (exact) mass is 217 g/mol. The first-order valence-electron chi connectivity index (χ1n) is 5.55. The minimum absolute atomic E-state index is 0.0864. The Balaban J connectivity index is 2.34. The van der Waals surface area contributed by atoms with Crippen molar-refractivity contribution in [2.24, 2.45) is 0 Å². The van der Waals surface area contributed by atoms with Crippen molar-refractivity contribution in [1.29, 1.82) is 0 Å². The molecule has 1 aliphatic carbocycles. The fraction of sp³-hybridized carbons (Fsp3) is 1.00. The van der Waals surface area contributed by atoms with E-state index in [0.29, 0.717) is 12.1 Å². The van der Waals surface area contributed by atoms with Crippen molar-refractivity contribution in [3.63, 3.8) is 0 Å². The summed E-state index contributed by atoms with van der Waals surface area (Å²) in [6, 6.07) is 1.01. The molecule has 0 amide bonds. The van der Waals surface area contributed by atoms with Crippen LogP contribution in [0.3, 0.4) is 0 Å². The van der Waals surface area contributed by atoms with Gasteiger partial charge in [0, 0.05) is 12.1 Å². The number of hydrogen-bond donors (Lipinski definition) is 1. The number of nitrogens with zero attached hydrogens (tertiary/aromatic N) is 1. The van der Waals surface area contributed by atoms with Gasteiger partial charge < -0.3 is 5.11 Å². The Hall–Kier alpha value is 0.270. The molecule has 1 N–H and O–H groups in total. The lowest BCUT2D eigenvalue weighted by Gasteiger charge is -2.32. The Labute approximate surface area is 92.1 Å². The number of rotatable bonds is 5. The molecule has 84 valence electrons. The molecule has 0 radical (unpaired) electrons. The quantitative estimate of drug-likeness (QED) is 0.761. The van der Waals surface area contributed by atoms with Gasteiger partial charge in [0.1, 0.15) is 0 Å². The molecule has 2 nitrogen and oxygen atoms in total. The highest BCUT2D eigenvalue weighted by Gasteiger charge is 2.30. The van der Waals surface area contributed by atoms with Crippen LogP contribution in [0.15, 0.2) is 0 Å². The minimum atomic E-state index is -0.0864. The molecule has 0 spiro atoms. The van der Waals surface area contributed by atoms with Gasteiger partial charge in [-0.05, 0) is 51.7 Å². The Morgan fingerprint density at radius 1 is 1.50 bits per heavy atom. The lowest BCUT2D eigenvalue weighted by molar-refractivity contribution is 0.0650. The molecule has 3 atom stereocenters.